The van der Waals surface area contributed by atoms with Gasteiger partial charge in [-0.3, -0.25) is 0 Å². The Bertz CT molecular complexity index is 517. The molecule has 2 aromatic rings. The fraction of sp³-hybridized carbons (Fsp3) is 0.500. The van der Waals surface area contributed by atoms with E-state index in [1.807, 2.05) is 0 Å². The molecule has 1 saturated heterocycles. The van der Waals surface area contributed by atoms with Crippen LogP contribution in [-0.2, 0) is 11.2 Å². The molecule has 3 rings (SSSR count). The van der Waals surface area contributed by atoms with E-state index in [1.54, 1.807) is 22.8 Å². The third kappa shape index (κ3) is 2.24. The molecule has 0 aliphatic carbocycles. The van der Waals surface area contributed by atoms with Gasteiger partial charge in [-0.05, 0) is 31.4 Å². The molecule has 0 aromatic carbocycles. The Labute approximate surface area is 99.0 Å². The molecule has 0 spiro atoms. The molecule has 0 saturated carbocycles. The number of ether oxygens (including phenoxy) is 1. The first-order valence-corrected chi connectivity index (χ1v) is 5.97. The summed E-state index contributed by atoms with van der Waals surface area (Å²) in [5.41, 5.74) is 0.758. The zero-order valence-electron chi connectivity index (χ0n) is 9.54. The fourth-order valence-electron chi connectivity index (χ4n) is 2.18. The van der Waals surface area contributed by atoms with Gasteiger partial charge in [0.25, 0.3) is 0 Å². The van der Waals surface area contributed by atoms with Crippen LogP contribution in [-0.4, -0.2) is 32.4 Å². The number of pyridine rings is 1. The van der Waals surface area contributed by atoms with Crippen molar-refractivity contribution < 1.29 is 9.84 Å². The molecule has 0 radical (unpaired) electrons. The molecule has 1 fully saturated rings. The van der Waals surface area contributed by atoms with Gasteiger partial charge in [-0.15, -0.1) is 0 Å². The SMILES string of the molecule is Oc1ccc2nc(CC3CCCCO3)nn2c1. The second-order valence-electron chi connectivity index (χ2n) is 4.41. The number of aromatic hydroxyl groups is 1. The van der Waals surface area contributed by atoms with Crippen LogP contribution in [0.3, 0.4) is 0 Å². The summed E-state index contributed by atoms with van der Waals surface area (Å²) in [6, 6.07) is 3.37. The second-order valence-corrected chi connectivity index (χ2v) is 4.41. The summed E-state index contributed by atoms with van der Waals surface area (Å²) in [6.45, 7) is 0.846. The molecule has 1 atom stereocenters. The van der Waals surface area contributed by atoms with E-state index in [4.69, 9.17) is 4.74 Å². The van der Waals surface area contributed by atoms with Crippen molar-refractivity contribution in [1.82, 2.24) is 14.6 Å². The van der Waals surface area contributed by atoms with E-state index in [0.717, 1.165) is 37.3 Å². The van der Waals surface area contributed by atoms with Crippen LogP contribution in [0.2, 0.25) is 0 Å². The molecular formula is C12H15N3O2. The number of nitrogens with zero attached hydrogens (tertiary/aromatic N) is 3. The molecule has 1 aliphatic heterocycles. The summed E-state index contributed by atoms with van der Waals surface area (Å²) < 4.78 is 7.27. The minimum atomic E-state index is 0.197. The molecule has 17 heavy (non-hydrogen) atoms. The minimum Gasteiger partial charge on any atom is -0.506 e. The van der Waals surface area contributed by atoms with Gasteiger partial charge in [-0.1, -0.05) is 0 Å². The largest absolute Gasteiger partial charge is 0.506 e. The van der Waals surface area contributed by atoms with E-state index in [-0.39, 0.29) is 11.9 Å². The molecule has 0 amide bonds. The van der Waals surface area contributed by atoms with Crippen molar-refractivity contribution >= 4 is 5.65 Å². The van der Waals surface area contributed by atoms with Crippen molar-refractivity contribution in [2.24, 2.45) is 0 Å². The fourth-order valence-corrected chi connectivity index (χ4v) is 2.18. The highest BCUT2D eigenvalue weighted by atomic mass is 16.5. The van der Waals surface area contributed by atoms with Gasteiger partial charge in [-0.2, -0.15) is 5.10 Å². The first kappa shape index (κ1) is 10.5. The maximum absolute atomic E-state index is 9.35. The zero-order valence-corrected chi connectivity index (χ0v) is 9.54. The van der Waals surface area contributed by atoms with E-state index in [2.05, 4.69) is 10.1 Å². The third-order valence-electron chi connectivity index (χ3n) is 3.04. The summed E-state index contributed by atoms with van der Waals surface area (Å²) in [5, 5.41) is 13.7. The first-order chi connectivity index (χ1) is 8.31. The Morgan fingerprint density at radius 1 is 1.41 bits per heavy atom. The highest BCUT2D eigenvalue weighted by molar-refractivity contribution is 5.40. The standard InChI is InChI=1S/C12H15N3O2/c16-9-4-5-12-13-11(14-15(12)8-9)7-10-3-1-2-6-17-10/h4-5,8,10,16H,1-3,6-7H2. The lowest BCUT2D eigenvalue weighted by Crippen LogP contribution is -2.21. The monoisotopic (exact) mass is 233 g/mol. The van der Waals surface area contributed by atoms with E-state index in [1.165, 1.54) is 6.42 Å². The summed E-state index contributed by atoms with van der Waals surface area (Å²) in [4.78, 5) is 4.41. The van der Waals surface area contributed by atoms with Crippen LogP contribution in [0.1, 0.15) is 25.1 Å². The smallest absolute Gasteiger partial charge is 0.155 e. The Morgan fingerprint density at radius 2 is 2.35 bits per heavy atom. The Hall–Kier alpha value is -1.62. The highest BCUT2D eigenvalue weighted by Gasteiger charge is 2.16. The number of hydrogen-bond donors (Lipinski definition) is 1. The van der Waals surface area contributed by atoms with E-state index in [9.17, 15) is 5.11 Å². The molecule has 90 valence electrons. The van der Waals surface area contributed by atoms with Gasteiger partial charge in [0.05, 0.1) is 12.3 Å². The van der Waals surface area contributed by atoms with Crippen molar-refractivity contribution in [2.45, 2.75) is 31.8 Å². The lowest BCUT2D eigenvalue weighted by Gasteiger charge is -2.20. The molecule has 5 heteroatoms. The first-order valence-electron chi connectivity index (χ1n) is 5.97. The van der Waals surface area contributed by atoms with Crippen molar-refractivity contribution in [3.05, 3.63) is 24.2 Å². The van der Waals surface area contributed by atoms with Crippen LogP contribution in [0.5, 0.6) is 5.75 Å². The minimum absolute atomic E-state index is 0.197. The molecule has 0 bridgehead atoms. The highest BCUT2D eigenvalue weighted by Crippen LogP contribution is 2.17. The number of fused-ring (bicyclic) bond motifs is 1. The normalized spacial score (nSPS) is 20.8. The van der Waals surface area contributed by atoms with Crippen LogP contribution in [0, 0.1) is 0 Å². The number of hydrogen-bond acceptors (Lipinski definition) is 4. The van der Waals surface area contributed by atoms with Crippen molar-refractivity contribution in [1.29, 1.82) is 0 Å². The topological polar surface area (TPSA) is 59.7 Å². The lowest BCUT2D eigenvalue weighted by molar-refractivity contribution is 0.0157. The third-order valence-corrected chi connectivity index (χ3v) is 3.04. The molecule has 3 heterocycles. The van der Waals surface area contributed by atoms with E-state index < -0.39 is 0 Å². The van der Waals surface area contributed by atoms with Gasteiger partial charge in [0.15, 0.2) is 11.5 Å². The van der Waals surface area contributed by atoms with Gasteiger partial charge in [-0.25, -0.2) is 9.50 Å². The van der Waals surface area contributed by atoms with Crippen molar-refractivity contribution in [2.75, 3.05) is 6.61 Å². The average Bonchev–Trinajstić information content (AvgIpc) is 2.71. The second kappa shape index (κ2) is 4.33. The zero-order chi connectivity index (χ0) is 11.7. The van der Waals surface area contributed by atoms with Crippen LogP contribution < -0.4 is 0 Å². The molecular weight excluding hydrogens is 218 g/mol. The van der Waals surface area contributed by atoms with Crippen molar-refractivity contribution in [3.63, 3.8) is 0 Å². The quantitative estimate of drug-likeness (QED) is 0.854. The Morgan fingerprint density at radius 3 is 3.18 bits per heavy atom. The average molecular weight is 233 g/mol. The predicted molar refractivity (Wildman–Crippen MR) is 61.9 cm³/mol. The lowest BCUT2D eigenvalue weighted by atomic mass is 10.1. The maximum Gasteiger partial charge on any atom is 0.155 e. The summed E-state index contributed by atoms with van der Waals surface area (Å²) in [7, 11) is 0. The van der Waals surface area contributed by atoms with Crippen molar-refractivity contribution in [3.8, 4) is 5.75 Å². The van der Waals surface area contributed by atoms with Gasteiger partial charge < -0.3 is 9.84 Å². The summed E-state index contributed by atoms with van der Waals surface area (Å²) in [5.74, 6) is 0.977. The van der Waals surface area contributed by atoms with Crippen LogP contribution in [0.4, 0.5) is 0 Å². The number of aromatic nitrogens is 3. The Balaban J connectivity index is 1.80. The van der Waals surface area contributed by atoms with Gasteiger partial charge in [0.2, 0.25) is 0 Å². The van der Waals surface area contributed by atoms with Gasteiger partial charge in [0, 0.05) is 13.0 Å². The molecule has 1 aliphatic rings. The Kier molecular flexibility index (Phi) is 2.68. The van der Waals surface area contributed by atoms with Gasteiger partial charge in [0.1, 0.15) is 5.75 Å². The summed E-state index contributed by atoms with van der Waals surface area (Å²) in [6.07, 6.45) is 6.02. The van der Waals surface area contributed by atoms with E-state index in [0.29, 0.717) is 0 Å². The predicted octanol–water partition coefficient (Wildman–Crippen LogP) is 1.55. The molecule has 5 nitrogen and oxygen atoms in total. The van der Waals surface area contributed by atoms with Crippen LogP contribution in [0.15, 0.2) is 18.3 Å². The maximum atomic E-state index is 9.35. The van der Waals surface area contributed by atoms with E-state index >= 15 is 0 Å². The number of rotatable bonds is 2. The molecule has 2 aromatic heterocycles. The molecule has 1 unspecified atom stereocenters. The van der Waals surface area contributed by atoms with Crippen LogP contribution >= 0.6 is 0 Å². The summed E-state index contributed by atoms with van der Waals surface area (Å²) >= 11 is 0. The molecule has 1 N–H and O–H groups in total. The van der Waals surface area contributed by atoms with Crippen LogP contribution in [0.25, 0.3) is 5.65 Å². The van der Waals surface area contributed by atoms with Gasteiger partial charge >= 0.3 is 0 Å².